The van der Waals surface area contributed by atoms with Gasteiger partial charge in [0.05, 0.1) is 5.54 Å². The summed E-state index contributed by atoms with van der Waals surface area (Å²) in [4.78, 5) is 0. The topological polar surface area (TPSA) is 47.3 Å². The van der Waals surface area contributed by atoms with E-state index in [0.717, 1.165) is 30.1 Å². The van der Waals surface area contributed by atoms with E-state index in [-0.39, 0.29) is 11.0 Å². The van der Waals surface area contributed by atoms with Gasteiger partial charge in [0.1, 0.15) is 17.0 Å². The summed E-state index contributed by atoms with van der Waals surface area (Å²) in [5.41, 5.74) is 7.48. The Morgan fingerprint density at radius 1 is 1.35 bits per heavy atom. The quantitative estimate of drug-likeness (QED) is 0.770. The van der Waals surface area contributed by atoms with Crippen molar-refractivity contribution in [2.75, 3.05) is 5.75 Å². The van der Waals surface area contributed by atoms with E-state index in [1.807, 2.05) is 6.07 Å². The Morgan fingerprint density at radius 2 is 2.25 bits per heavy atom. The molecule has 3 nitrogen and oxygen atoms in total. The predicted octanol–water partition coefficient (Wildman–Crippen LogP) is 2.93. The summed E-state index contributed by atoms with van der Waals surface area (Å²) in [6.07, 6.45) is 6.95. The molecule has 4 rings (SSSR count). The van der Waals surface area contributed by atoms with Crippen LogP contribution in [0.1, 0.15) is 31.2 Å². The number of rotatable bonds is 0. The summed E-state index contributed by atoms with van der Waals surface area (Å²) in [6.45, 7) is 0. The van der Waals surface area contributed by atoms with Crippen molar-refractivity contribution in [3.8, 4) is 5.75 Å². The van der Waals surface area contributed by atoms with Crippen LogP contribution in [-0.4, -0.2) is 11.3 Å². The lowest BCUT2D eigenvalue weighted by Gasteiger charge is -2.51. The third-order valence-corrected chi connectivity index (χ3v) is 5.69. The fourth-order valence-corrected chi connectivity index (χ4v) is 4.88. The SMILES string of the molecule is NC1NC2(CCS1)c1ccccc1OC1=CCCCC12. The standard InChI is InChI=1S/C16H20N2OS/c17-15-18-16(9-10-20-15)11-5-1-3-7-13(11)19-14-8-4-2-6-12(14)16/h1,3,5,7-8,12,15,18H,2,4,6,9-10,17H2. The van der Waals surface area contributed by atoms with Crippen LogP contribution in [0.15, 0.2) is 36.1 Å². The summed E-state index contributed by atoms with van der Waals surface area (Å²) >= 11 is 1.81. The lowest BCUT2D eigenvalue weighted by atomic mass is 9.69. The molecule has 4 heteroatoms. The van der Waals surface area contributed by atoms with Gasteiger partial charge in [-0.15, -0.1) is 11.8 Å². The van der Waals surface area contributed by atoms with Gasteiger partial charge in [-0.2, -0.15) is 0 Å². The van der Waals surface area contributed by atoms with Gasteiger partial charge in [-0.05, 0) is 43.6 Å². The van der Waals surface area contributed by atoms with Crippen molar-refractivity contribution in [3.63, 3.8) is 0 Å². The second kappa shape index (κ2) is 4.79. The molecule has 0 amide bonds. The van der Waals surface area contributed by atoms with Crippen LogP contribution in [0, 0.1) is 5.92 Å². The molecule has 3 aliphatic rings. The molecule has 1 fully saturated rings. The number of hydrogen-bond acceptors (Lipinski definition) is 4. The molecule has 106 valence electrons. The van der Waals surface area contributed by atoms with E-state index in [1.165, 1.54) is 18.4 Å². The number of allylic oxidation sites excluding steroid dienone is 1. The first-order valence-electron chi connectivity index (χ1n) is 7.42. The number of benzene rings is 1. The molecule has 0 bridgehead atoms. The number of thioether (sulfide) groups is 1. The molecular formula is C16H20N2OS. The fraction of sp³-hybridized carbons (Fsp3) is 0.500. The first kappa shape index (κ1) is 12.7. The van der Waals surface area contributed by atoms with E-state index in [9.17, 15) is 0 Å². The van der Waals surface area contributed by atoms with E-state index in [2.05, 4.69) is 29.6 Å². The maximum Gasteiger partial charge on any atom is 0.132 e. The second-order valence-corrected chi connectivity index (χ2v) is 7.09. The molecule has 20 heavy (non-hydrogen) atoms. The summed E-state index contributed by atoms with van der Waals surface area (Å²) in [6, 6.07) is 8.44. The van der Waals surface area contributed by atoms with E-state index < -0.39 is 0 Å². The number of hydrogen-bond donors (Lipinski definition) is 2. The highest BCUT2D eigenvalue weighted by Gasteiger charge is 2.50. The van der Waals surface area contributed by atoms with E-state index in [4.69, 9.17) is 10.5 Å². The van der Waals surface area contributed by atoms with Crippen LogP contribution < -0.4 is 15.8 Å². The summed E-state index contributed by atoms with van der Waals surface area (Å²) in [5, 5.41) is 3.71. The Morgan fingerprint density at radius 3 is 3.15 bits per heavy atom. The van der Waals surface area contributed by atoms with Crippen LogP contribution in [0.5, 0.6) is 5.75 Å². The van der Waals surface area contributed by atoms with Crippen molar-refractivity contribution < 1.29 is 4.74 Å². The van der Waals surface area contributed by atoms with Crippen molar-refractivity contribution in [2.45, 2.75) is 36.7 Å². The van der Waals surface area contributed by atoms with Gasteiger partial charge in [0.15, 0.2) is 0 Å². The molecule has 0 radical (unpaired) electrons. The van der Waals surface area contributed by atoms with Crippen molar-refractivity contribution >= 4 is 11.8 Å². The van der Waals surface area contributed by atoms with Gasteiger partial charge in [-0.1, -0.05) is 18.2 Å². The molecule has 1 spiro atoms. The Kier molecular flexibility index (Phi) is 3.05. The van der Waals surface area contributed by atoms with Crippen LogP contribution in [0.3, 0.4) is 0 Å². The van der Waals surface area contributed by atoms with Crippen molar-refractivity contribution in [3.05, 3.63) is 41.7 Å². The molecule has 3 N–H and O–H groups in total. The monoisotopic (exact) mass is 288 g/mol. The van der Waals surface area contributed by atoms with E-state index >= 15 is 0 Å². The number of nitrogens with one attached hydrogen (secondary N) is 1. The minimum absolute atomic E-state index is 0.0121. The molecule has 0 aromatic heterocycles. The van der Waals surface area contributed by atoms with Gasteiger partial charge in [-0.25, -0.2) is 0 Å². The summed E-state index contributed by atoms with van der Waals surface area (Å²) < 4.78 is 6.17. The van der Waals surface area contributed by atoms with Gasteiger partial charge >= 0.3 is 0 Å². The molecule has 1 aromatic rings. The van der Waals surface area contributed by atoms with Gasteiger partial charge in [0.2, 0.25) is 0 Å². The number of fused-ring (bicyclic) bond motifs is 4. The van der Waals surface area contributed by atoms with Crippen LogP contribution in [0.4, 0.5) is 0 Å². The van der Waals surface area contributed by atoms with Crippen LogP contribution >= 0.6 is 11.8 Å². The zero-order chi connectivity index (χ0) is 13.6. The van der Waals surface area contributed by atoms with Crippen molar-refractivity contribution in [2.24, 2.45) is 11.7 Å². The molecule has 3 atom stereocenters. The molecule has 1 aromatic carbocycles. The average molecular weight is 288 g/mol. The Bertz CT molecular complexity index is 559. The van der Waals surface area contributed by atoms with Crippen LogP contribution in [-0.2, 0) is 5.54 Å². The Labute approximate surface area is 124 Å². The maximum absolute atomic E-state index is 6.21. The smallest absolute Gasteiger partial charge is 0.132 e. The molecule has 1 saturated heterocycles. The average Bonchev–Trinajstić information content (AvgIpc) is 2.48. The van der Waals surface area contributed by atoms with E-state index in [1.54, 1.807) is 11.8 Å². The number of nitrogens with two attached hydrogens (primary N) is 1. The maximum atomic E-state index is 6.21. The van der Waals surface area contributed by atoms with Crippen LogP contribution in [0.25, 0.3) is 0 Å². The summed E-state index contributed by atoms with van der Waals surface area (Å²) in [7, 11) is 0. The molecule has 2 heterocycles. The molecular weight excluding hydrogens is 268 g/mol. The largest absolute Gasteiger partial charge is 0.461 e. The van der Waals surface area contributed by atoms with Gasteiger partial charge < -0.3 is 10.5 Å². The van der Waals surface area contributed by atoms with Crippen molar-refractivity contribution in [1.29, 1.82) is 0 Å². The first-order valence-corrected chi connectivity index (χ1v) is 8.47. The Balaban J connectivity index is 1.88. The highest BCUT2D eigenvalue weighted by atomic mass is 32.2. The zero-order valence-corrected chi connectivity index (χ0v) is 12.3. The number of ether oxygens (including phenoxy) is 1. The fourth-order valence-electron chi connectivity index (χ4n) is 3.89. The second-order valence-electron chi connectivity index (χ2n) is 5.85. The van der Waals surface area contributed by atoms with Gasteiger partial charge in [0, 0.05) is 11.5 Å². The van der Waals surface area contributed by atoms with Gasteiger partial charge in [0.25, 0.3) is 0 Å². The normalized spacial score (nSPS) is 35.8. The Hall–Kier alpha value is -0.970. The van der Waals surface area contributed by atoms with E-state index in [0.29, 0.717) is 5.92 Å². The highest BCUT2D eigenvalue weighted by molar-refractivity contribution is 7.99. The predicted molar refractivity (Wildman–Crippen MR) is 82.4 cm³/mol. The zero-order valence-electron chi connectivity index (χ0n) is 11.5. The third kappa shape index (κ3) is 1.82. The molecule has 0 saturated carbocycles. The van der Waals surface area contributed by atoms with Crippen LogP contribution in [0.2, 0.25) is 0 Å². The third-order valence-electron chi connectivity index (χ3n) is 4.77. The highest BCUT2D eigenvalue weighted by Crippen LogP contribution is 2.52. The number of para-hydroxylation sites is 1. The minimum atomic E-state index is -0.0359. The minimum Gasteiger partial charge on any atom is -0.461 e. The van der Waals surface area contributed by atoms with Gasteiger partial charge in [-0.3, -0.25) is 5.32 Å². The summed E-state index contributed by atoms with van der Waals surface area (Å²) in [5.74, 6) is 3.69. The molecule has 1 aliphatic carbocycles. The lowest BCUT2D eigenvalue weighted by Crippen LogP contribution is -2.60. The lowest BCUT2D eigenvalue weighted by molar-refractivity contribution is 0.127. The van der Waals surface area contributed by atoms with Crippen molar-refractivity contribution in [1.82, 2.24) is 5.32 Å². The molecule has 2 aliphatic heterocycles. The first-order chi connectivity index (χ1) is 9.79. The molecule has 3 unspecified atom stereocenters.